The van der Waals surface area contributed by atoms with E-state index in [9.17, 15) is 14.7 Å². The molecule has 1 aromatic heterocycles. The van der Waals surface area contributed by atoms with Crippen molar-refractivity contribution in [2.45, 2.75) is 38.1 Å². The topological polar surface area (TPSA) is 105 Å². The molecule has 0 radical (unpaired) electrons. The van der Waals surface area contributed by atoms with E-state index in [4.69, 9.17) is 4.74 Å². The average molecular weight is 511 g/mol. The second-order valence-corrected chi connectivity index (χ2v) is 9.38. The number of nitrogens with zero attached hydrogens (tertiary/aromatic N) is 2. The number of anilines is 1. The van der Waals surface area contributed by atoms with Crippen LogP contribution in [0.25, 0.3) is 11.3 Å². The van der Waals surface area contributed by atoms with E-state index in [2.05, 4.69) is 15.7 Å². The number of ether oxygens (including phenoxy) is 1. The van der Waals surface area contributed by atoms with Gasteiger partial charge in [0, 0.05) is 29.8 Å². The monoisotopic (exact) mass is 510 g/mol. The van der Waals surface area contributed by atoms with Crippen LogP contribution in [0.4, 0.5) is 10.5 Å². The Kier molecular flexibility index (Phi) is 7.40. The summed E-state index contributed by atoms with van der Waals surface area (Å²) in [5.41, 5.74) is 3.64. The Morgan fingerprint density at radius 3 is 2.47 bits per heavy atom. The third kappa shape index (κ3) is 5.39. The molecule has 0 saturated heterocycles. The highest BCUT2D eigenvalue weighted by Gasteiger charge is 2.26. The zero-order valence-electron chi connectivity index (χ0n) is 21.2. The minimum atomic E-state index is -0.350. The maximum atomic E-state index is 13.2. The summed E-state index contributed by atoms with van der Waals surface area (Å²) in [5.74, 6) is 0.300. The first-order valence-electron chi connectivity index (χ1n) is 12.7. The molecule has 1 aliphatic rings. The van der Waals surface area contributed by atoms with Crippen LogP contribution in [0.1, 0.15) is 53.2 Å². The molecule has 0 spiro atoms. The number of nitrogens with one attached hydrogen (secondary N) is 2. The van der Waals surface area contributed by atoms with Gasteiger partial charge in [0.1, 0.15) is 11.5 Å². The van der Waals surface area contributed by atoms with Crippen molar-refractivity contribution >= 4 is 17.6 Å². The average Bonchev–Trinajstić information content (AvgIpc) is 3.63. The largest absolute Gasteiger partial charge is 0.507 e. The zero-order valence-corrected chi connectivity index (χ0v) is 21.2. The fourth-order valence-electron chi connectivity index (χ4n) is 4.91. The molecule has 194 valence electrons. The van der Waals surface area contributed by atoms with E-state index in [0.717, 1.165) is 36.9 Å². The lowest BCUT2D eigenvalue weighted by Crippen LogP contribution is -2.30. The molecule has 8 heteroatoms. The van der Waals surface area contributed by atoms with Crippen molar-refractivity contribution in [1.29, 1.82) is 0 Å². The second kappa shape index (κ2) is 11.2. The molecule has 1 fully saturated rings. The number of phenols is 1. The fraction of sp³-hybridized carbons (Fsp3) is 0.233. The number of aromatic nitrogens is 2. The summed E-state index contributed by atoms with van der Waals surface area (Å²) in [6.07, 6.45) is 4.22. The van der Waals surface area contributed by atoms with Gasteiger partial charge in [0.2, 0.25) is 0 Å². The first-order chi connectivity index (χ1) is 18.5. The van der Waals surface area contributed by atoms with Gasteiger partial charge < -0.3 is 20.5 Å². The molecule has 8 nitrogen and oxygen atoms in total. The predicted molar refractivity (Wildman–Crippen MR) is 146 cm³/mol. The molecule has 0 bridgehead atoms. The number of amides is 2. The number of hydrogen-bond acceptors (Lipinski definition) is 5. The van der Waals surface area contributed by atoms with E-state index in [1.165, 1.54) is 17.9 Å². The SMILES string of the molecule is COc1ccccc1C(=O)Nc1ccc(-c2cc(C3CCCC3)n(C(=O)NCc3ccccc3)n2)c(O)c1. The molecule has 1 saturated carbocycles. The lowest BCUT2D eigenvalue weighted by Gasteiger charge is -2.12. The molecule has 3 N–H and O–H groups in total. The molecular weight excluding hydrogens is 480 g/mol. The molecule has 1 heterocycles. The summed E-state index contributed by atoms with van der Waals surface area (Å²) in [4.78, 5) is 25.9. The van der Waals surface area contributed by atoms with E-state index in [0.29, 0.717) is 34.8 Å². The molecule has 38 heavy (non-hydrogen) atoms. The number of methoxy groups -OCH3 is 1. The summed E-state index contributed by atoms with van der Waals surface area (Å²) >= 11 is 0. The van der Waals surface area contributed by atoms with Crippen molar-refractivity contribution in [3.63, 3.8) is 0 Å². The van der Waals surface area contributed by atoms with Crippen molar-refractivity contribution in [3.05, 3.63) is 95.7 Å². The molecule has 0 atom stereocenters. The minimum absolute atomic E-state index is 0.0462. The smallest absolute Gasteiger partial charge is 0.342 e. The Bertz CT molecular complexity index is 1440. The number of rotatable bonds is 7. The Labute approximate surface area is 221 Å². The fourth-order valence-corrected chi connectivity index (χ4v) is 4.91. The second-order valence-electron chi connectivity index (χ2n) is 9.38. The van der Waals surface area contributed by atoms with Gasteiger partial charge in [-0.1, -0.05) is 55.3 Å². The van der Waals surface area contributed by atoms with Gasteiger partial charge in [-0.3, -0.25) is 4.79 Å². The molecule has 2 amide bonds. The van der Waals surface area contributed by atoms with Crippen molar-refractivity contribution in [2.75, 3.05) is 12.4 Å². The Morgan fingerprint density at radius 1 is 1.00 bits per heavy atom. The molecule has 1 aliphatic carbocycles. The summed E-state index contributed by atoms with van der Waals surface area (Å²) in [7, 11) is 1.51. The lowest BCUT2D eigenvalue weighted by atomic mass is 10.0. The van der Waals surface area contributed by atoms with Crippen LogP contribution in [-0.4, -0.2) is 33.9 Å². The predicted octanol–water partition coefficient (Wildman–Crippen LogP) is 5.93. The highest BCUT2D eigenvalue weighted by atomic mass is 16.5. The van der Waals surface area contributed by atoms with Gasteiger partial charge in [0.15, 0.2) is 0 Å². The first-order valence-corrected chi connectivity index (χ1v) is 12.7. The lowest BCUT2D eigenvalue weighted by molar-refractivity contribution is 0.102. The van der Waals surface area contributed by atoms with E-state index in [-0.39, 0.29) is 23.6 Å². The minimum Gasteiger partial charge on any atom is -0.507 e. The zero-order chi connectivity index (χ0) is 26.5. The van der Waals surface area contributed by atoms with Gasteiger partial charge in [-0.05, 0) is 48.7 Å². The molecular formula is C30H30N4O4. The number of carbonyl (C=O) groups is 2. The summed E-state index contributed by atoms with van der Waals surface area (Å²) < 4.78 is 6.70. The van der Waals surface area contributed by atoms with Crippen molar-refractivity contribution in [1.82, 2.24) is 15.1 Å². The van der Waals surface area contributed by atoms with Crippen LogP contribution in [0.2, 0.25) is 0 Å². The van der Waals surface area contributed by atoms with Crippen LogP contribution in [0.5, 0.6) is 11.5 Å². The maximum absolute atomic E-state index is 13.2. The Balaban J connectivity index is 1.38. The van der Waals surface area contributed by atoms with Crippen molar-refractivity contribution < 1.29 is 19.4 Å². The van der Waals surface area contributed by atoms with Crippen molar-refractivity contribution in [2.24, 2.45) is 0 Å². The number of carbonyl (C=O) groups excluding carboxylic acids is 2. The third-order valence-corrected chi connectivity index (χ3v) is 6.87. The maximum Gasteiger partial charge on any atom is 0.342 e. The highest BCUT2D eigenvalue weighted by molar-refractivity contribution is 6.06. The molecule has 3 aromatic carbocycles. The van der Waals surface area contributed by atoms with Crippen LogP contribution in [0.15, 0.2) is 78.9 Å². The number of hydrogen-bond donors (Lipinski definition) is 3. The number of aromatic hydroxyl groups is 1. The van der Waals surface area contributed by atoms with Gasteiger partial charge in [0.05, 0.1) is 24.1 Å². The summed E-state index contributed by atoms with van der Waals surface area (Å²) in [5, 5.41) is 21.2. The Hall–Kier alpha value is -4.59. The summed E-state index contributed by atoms with van der Waals surface area (Å²) in [6.45, 7) is 0.394. The molecule has 0 unspecified atom stereocenters. The van der Waals surface area contributed by atoms with Gasteiger partial charge in [0.25, 0.3) is 5.91 Å². The van der Waals surface area contributed by atoms with Crippen LogP contribution < -0.4 is 15.4 Å². The molecule has 0 aliphatic heterocycles. The van der Waals surface area contributed by atoms with Crippen LogP contribution >= 0.6 is 0 Å². The number of para-hydroxylation sites is 1. The van der Waals surface area contributed by atoms with Gasteiger partial charge in [-0.25, -0.2) is 4.79 Å². The first kappa shape index (κ1) is 25.1. The quantitative estimate of drug-likeness (QED) is 0.286. The summed E-state index contributed by atoms with van der Waals surface area (Å²) in [6, 6.07) is 23.1. The Morgan fingerprint density at radius 2 is 1.74 bits per heavy atom. The van der Waals surface area contributed by atoms with Crippen LogP contribution in [-0.2, 0) is 6.54 Å². The van der Waals surface area contributed by atoms with E-state index >= 15 is 0 Å². The third-order valence-electron chi connectivity index (χ3n) is 6.87. The van der Waals surface area contributed by atoms with Gasteiger partial charge in [-0.2, -0.15) is 9.78 Å². The van der Waals surface area contributed by atoms with E-state index < -0.39 is 0 Å². The molecule has 5 rings (SSSR count). The van der Waals surface area contributed by atoms with Crippen LogP contribution in [0.3, 0.4) is 0 Å². The van der Waals surface area contributed by atoms with E-state index in [1.807, 2.05) is 36.4 Å². The van der Waals surface area contributed by atoms with Crippen LogP contribution in [0, 0.1) is 0 Å². The van der Waals surface area contributed by atoms with E-state index in [1.54, 1.807) is 36.4 Å². The standard InChI is InChI=1S/C30H30N4O4/c1-38-28-14-8-7-13-24(28)29(36)32-22-15-16-23(27(35)17-22)25-18-26(21-11-5-6-12-21)34(33-25)30(37)31-19-20-9-3-2-4-10-20/h2-4,7-10,13-18,21,35H,5-6,11-12,19H2,1H3,(H,31,37)(H,32,36). The van der Waals surface area contributed by atoms with Crippen molar-refractivity contribution in [3.8, 4) is 22.8 Å². The normalized spacial score (nSPS) is 13.3. The number of benzene rings is 3. The number of phenolic OH excluding ortho intramolecular Hbond substituents is 1. The highest BCUT2D eigenvalue weighted by Crippen LogP contribution is 2.38. The van der Waals surface area contributed by atoms with Gasteiger partial charge >= 0.3 is 6.03 Å². The van der Waals surface area contributed by atoms with Gasteiger partial charge in [-0.15, -0.1) is 0 Å². The molecule has 4 aromatic rings.